The number of hydrogen-bond donors (Lipinski definition) is 1. The van der Waals surface area contributed by atoms with Crippen LogP contribution >= 0.6 is 12.6 Å². The molecule has 0 aliphatic heterocycles. The molecular formula is C11H16OS. The molecule has 0 spiro atoms. The van der Waals surface area contributed by atoms with Gasteiger partial charge in [-0.25, -0.2) is 0 Å². The third-order valence-corrected chi connectivity index (χ3v) is 2.16. The van der Waals surface area contributed by atoms with Gasteiger partial charge in [0.2, 0.25) is 0 Å². The Kier molecular flexibility index (Phi) is 2.91. The van der Waals surface area contributed by atoms with Gasteiger partial charge >= 0.3 is 0 Å². The van der Waals surface area contributed by atoms with Crippen molar-refractivity contribution in [2.75, 3.05) is 0 Å². The van der Waals surface area contributed by atoms with Crippen molar-refractivity contribution in [1.29, 1.82) is 0 Å². The smallest absolute Gasteiger partial charge is 0.124 e. The van der Waals surface area contributed by atoms with Gasteiger partial charge in [0, 0.05) is 10.5 Å². The molecular weight excluding hydrogens is 180 g/mol. The summed E-state index contributed by atoms with van der Waals surface area (Å²) in [5, 5.41) is 0. The molecule has 0 saturated carbocycles. The first-order chi connectivity index (χ1) is 5.90. The lowest BCUT2D eigenvalue weighted by Crippen LogP contribution is -2.23. The number of benzene rings is 1. The summed E-state index contributed by atoms with van der Waals surface area (Å²) in [7, 11) is 0. The van der Waals surface area contributed by atoms with Gasteiger partial charge in [0.1, 0.15) is 11.4 Å². The van der Waals surface area contributed by atoms with Gasteiger partial charge in [-0.15, -0.1) is 12.6 Å². The van der Waals surface area contributed by atoms with E-state index in [9.17, 15) is 0 Å². The lowest BCUT2D eigenvalue weighted by atomic mass is 10.1. The Labute approximate surface area is 85.5 Å². The Bertz CT molecular complexity index is 299. The molecule has 0 aliphatic carbocycles. The van der Waals surface area contributed by atoms with E-state index in [0.717, 1.165) is 16.2 Å². The third kappa shape index (κ3) is 2.96. The minimum absolute atomic E-state index is 0.146. The standard InChI is InChI=1S/C11H16OS/c1-8-9(12-11(2,3)4)6-5-7-10(8)13/h5-7,13H,1-4H3. The number of thiol groups is 1. The molecule has 1 nitrogen and oxygen atoms in total. The largest absolute Gasteiger partial charge is 0.488 e. The Morgan fingerprint density at radius 3 is 2.38 bits per heavy atom. The monoisotopic (exact) mass is 196 g/mol. The second-order valence-corrected chi connectivity index (χ2v) is 4.60. The quantitative estimate of drug-likeness (QED) is 0.677. The molecule has 0 aromatic heterocycles. The second-order valence-electron chi connectivity index (χ2n) is 4.11. The zero-order valence-electron chi connectivity index (χ0n) is 8.59. The van der Waals surface area contributed by atoms with Crippen LogP contribution in [0.4, 0.5) is 0 Å². The highest BCUT2D eigenvalue weighted by atomic mass is 32.1. The van der Waals surface area contributed by atoms with E-state index < -0.39 is 0 Å². The van der Waals surface area contributed by atoms with Gasteiger partial charge in [-0.2, -0.15) is 0 Å². The zero-order chi connectivity index (χ0) is 10.1. The van der Waals surface area contributed by atoms with Gasteiger partial charge in [-0.1, -0.05) is 6.07 Å². The number of hydrogen-bond acceptors (Lipinski definition) is 2. The molecule has 1 rings (SSSR count). The van der Waals surface area contributed by atoms with E-state index in [2.05, 4.69) is 12.6 Å². The summed E-state index contributed by atoms with van der Waals surface area (Å²) in [4.78, 5) is 0.974. The normalized spacial score (nSPS) is 11.5. The zero-order valence-corrected chi connectivity index (χ0v) is 9.48. The van der Waals surface area contributed by atoms with Crippen molar-refractivity contribution in [1.82, 2.24) is 0 Å². The van der Waals surface area contributed by atoms with E-state index >= 15 is 0 Å². The fourth-order valence-electron chi connectivity index (χ4n) is 1.04. The molecule has 1 aromatic rings. The van der Waals surface area contributed by atoms with E-state index in [1.54, 1.807) is 0 Å². The predicted molar refractivity (Wildman–Crippen MR) is 58.8 cm³/mol. The maximum Gasteiger partial charge on any atom is 0.124 e. The molecule has 0 atom stereocenters. The Morgan fingerprint density at radius 1 is 1.23 bits per heavy atom. The SMILES string of the molecule is Cc1c(S)cccc1OC(C)(C)C. The van der Waals surface area contributed by atoms with Crippen LogP contribution in [0.25, 0.3) is 0 Å². The highest BCUT2D eigenvalue weighted by molar-refractivity contribution is 7.80. The van der Waals surface area contributed by atoms with Crippen LogP contribution in [-0.2, 0) is 0 Å². The Balaban J connectivity index is 2.96. The highest BCUT2D eigenvalue weighted by Gasteiger charge is 2.13. The Morgan fingerprint density at radius 2 is 1.85 bits per heavy atom. The maximum atomic E-state index is 5.76. The molecule has 0 amide bonds. The van der Waals surface area contributed by atoms with Gasteiger partial charge in [-0.05, 0) is 39.8 Å². The van der Waals surface area contributed by atoms with Crippen molar-refractivity contribution in [3.05, 3.63) is 23.8 Å². The van der Waals surface area contributed by atoms with E-state index in [4.69, 9.17) is 4.74 Å². The van der Waals surface area contributed by atoms with Gasteiger partial charge in [-0.3, -0.25) is 0 Å². The van der Waals surface area contributed by atoms with E-state index in [0.29, 0.717) is 0 Å². The van der Waals surface area contributed by atoms with Crippen molar-refractivity contribution in [3.8, 4) is 5.75 Å². The number of rotatable bonds is 1. The molecule has 0 heterocycles. The fourth-order valence-corrected chi connectivity index (χ4v) is 1.24. The van der Waals surface area contributed by atoms with Crippen LogP contribution < -0.4 is 4.74 Å². The summed E-state index contributed by atoms with van der Waals surface area (Å²) in [5.41, 5.74) is 0.951. The fraction of sp³-hybridized carbons (Fsp3) is 0.455. The summed E-state index contributed by atoms with van der Waals surface area (Å²) in [6.07, 6.45) is 0. The van der Waals surface area contributed by atoms with Crippen molar-refractivity contribution in [2.45, 2.75) is 38.2 Å². The molecule has 2 heteroatoms. The first kappa shape index (κ1) is 10.5. The summed E-state index contributed by atoms with van der Waals surface area (Å²) in [6.45, 7) is 8.14. The summed E-state index contributed by atoms with van der Waals surface area (Å²) >= 11 is 4.34. The van der Waals surface area contributed by atoms with Crippen molar-refractivity contribution in [3.63, 3.8) is 0 Å². The minimum atomic E-state index is -0.146. The highest BCUT2D eigenvalue weighted by Crippen LogP contribution is 2.26. The van der Waals surface area contributed by atoms with Crippen LogP contribution in [0, 0.1) is 6.92 Å². The van der Waals surface area contributed by atoms with Crippen LogP contribution in [0.3, 0.4) is 0 Å². The predicted octanol–water partition coefficient (Wildman–Crippen LogP) is 3.46. The second kappa shape index (κ2) is 3.62. The van der Waals surface area contributed by atoms with Crippen LogP contribution in [0.5, 0.6) is 5.75 Å². The average Bonchev–Trinajstić information content (AvgIpc) is 1.96. The molecule has 0 N–H and O–H groups in total. The molecule has 0 radical (unpaired) electrons. The minimum Gasteiger partial charge on any atom is -0.488 e. The lowest BCUT2D eigenvalue weighted by Gasteiger charge is -2.22. The van der Waals surface area contributed by atoms with Crippen LogP contribution in [0.2, 0.25) is 0 Å². The maximum absolute atomic E-state index is 5.76. The van der Waals surface area contributed by atoms with Crippen LogP contribution in [0.15, 0.2) is 23.1 Å². The van der Waals surface area contributed by atoms with E-state index in [-0.39, 0.29) is 5.60 Å². The average molecular weight is 196 g/mol. The Hall–Kier alpha value is -0.630. The first-order valence-corrected chi connectivity index (χ1v) is 4.82. The van der Waals surface area contributed by atoms with Gasteiger partial charge in [0.15, 0.2) is 0 Å². The third-order valence-electron chi connectivity index (χ3n) is 1.67. The molecule has 0 saturated heterocycles. The molecule has 72 valence electrons. The summed E-state index contributed by atoms with van der Waals surface area (Å²) in [5.74, 6) is 0.917. The topological polar surface area (TPSA) is 9.23 Å². The molecule has 1 aromatic carbocycles. The number of ether oxygens (including phenoxy) is 1. The first-order valence-electron chi connectivity index (χ1n) is 4.38. The van der Waals surface area contributed by atoms with Crippen molar-refractivity contribution >= 4 is 12.6 Å². The summed E-state index contributed by atoms with van der Waals surface area (Å²) in [6, 6.07) is 5.89. The van der Waals surface area contributed by atoms with E-state index in [1.165, 1.54) is 0 Å². The van der Waals surface area contributed by atoms with Crippen molar-refractivity contribution in [2.24, 2.45) is 0 Å². The van der Waals surface area contributed by atoms with E-state index in [1.807, 2.05) is 45.9 Å². The summed E-state index contributed by atoms with van der Waals surface area (Å²) < 4.78 is 5.76. The molecule has 0 bridgehead atoms. The van der Waals surface area contributed by atoms with Gasteiger partial charge in [0.25, 0.3) is 0 Å². The van der Waals surface area contributed by atoms with Crippen LogP contribution in [0.1, 0.15) is 26.3 Å². The van der Waals surface area contributed by atoms with Crippen LogP contribution in [-0.4, -0.2) is 5.60 Å². The lowest BCUT2D eigenvalue weighted by molar-refractivity contribution is 0.129. The van der Waals surface area contributed by atoms with Gasteiger partial charge < -0.3 is 4.74 Å². The van der Waals surface area contributed by atoms with Crippen molar-refractivity contribution < 1.29 is 4.74 Å². The molecule has 0 fully saturated rings. The van der Waals surface area contributed by atoms with Gasteiger partial charge in [0.05, 0.1) is 0 Å². The molecule has 0 unspecified atom stereocenters. The molecule has 0 aliphatic rings. The molecule has 13 heavy (non-hydrogen) atoms.